The Hall–Kier alpha value is -1.36. The number of hydrogen-bond acceptors (Lipinski definition) is 2. The molecule has 0 bridgehead atoms. The third-order valence-electron chi connectivity index (χ3n) is 4.35. The number of fused-ring (bicyclic) bond motifs is 1. The summed E-state index contributed by atoms with van der Waals surface area (Å²) < 4.78 is 28.0. The van der Waals surface area contributed by atoms with E-state index in [0.717, 1.165) is 10.9 Å². The molecule has 2 aromatic rings. The van der Waals surface area contributed by atoms with E-state index < -0.39 is 11.5 Å². The van der Waals surface area contributed by atoms with Crippen LogP contribution in [0.25, 0.3) is 10.9 Å². The molecule has 2 aliphatic rings. The Bertz CT molecular complexity index is 663. The molecule has 1 saturated heterocycles. The largest absolute Gasteiger partial charge is 0.343 e. The molecule has 3 nitrogen and oxygen atoms in total. The Morgan fingerprint density at radius 3 is 2.79 bits per heavy atom. The molecule has 2 heterocycles. The Morgan fingerprint density at radius 2 is 2.05 bits per heavy atom. The topological polar surface area (TPSA) is 31.9 Å². The first-order valence-corrected chi connectivity index (χ1v) is 6.71. The van der Waals surface area contributed by atoms with Crippen LogP contribution in [0, 0.1) is 0 Å². The summed E-state index contributed by atoms with van der Waals surface area (Å²) in [5, 5.41) is 8.39. The highest BCUT2D eigenvalue weighted by molar-refractivity contribution is 6.36. The second kappa shape index (κ2) is 3.39. The van der Waals surface area contributed by atoms with Gasteiger partial charge in [0.2, 0.25) is 0 Å². The van der Waals surface area contributed by atoms with Gasteiger partial charge >= 0.3 is 0 Å². The quantitative estimate of drug-likeness (QED) is 0.867. The highest BCUT2D eigenvalue weighted by Gasteiger charge is 2.69. The zero-order valence-electron chi connectivity index (χ0n) is 10.1. The predicted molar refractivity (Wildman–Crippen MR) is 70.0 cm³/mol. The molecule has 19 heavy (non-hydrogen) atoms. The molecule has 6 heteroatoms. The standard InChI is InChI=1S/C13H12ClF2N3/c14-8-2-1-3-9-10(8)11(18-17-9)19-7-6-13(15,16)12(19)4-5-12/h1-3H,4-7H2,(H,17,18). The molecule has 0 radical (unpaired) electrons. The average molecular weight is 284 g/mol. The lowest BCUT2D eigenvalue weighted by Gasteiger charge is -2.27. The van der Waals surface area contributed by atoms with Gasteiger partial charge in [-0.15, -0.1) is 0 Å². The fraction of sp³-hybridized carbons (Fsp3) is 0.462. The van der Waals surface area contributed by atoms with Crippen LogP contribution in [0.1, 0.15) is 19.3 Å². The Balaban J connectivity index is 1.89. The second-order valence-electron chi connectivity index (χ2n) is 5.35. The summed E-state index contributed by atoms with van der Waals surface area (Å²) in [4.78, 5) is 1.75. The lowest BCUT2D eigenvalue weighted by molar-refractivity contribution is -0.0164. The molecule has 1 saturated carbocycles. The van der Waals surface area contributed by atoms with Crippen LogP contribution in [0.3, 0.4) is 0 Å². The molecule has 1 aromatic heterocycles. The number of hydrogen-bond donors (Lipinski definition) is 1. The summed E-state index contributed by atoms with van der Waals surface area (Å²) in [6.07, 6.45) is 0.948. The van der Waals surface area contributed by atoms with Gasteiger partial charge in [0.25, 0.3) is 5.92 Å². The maximum absolute atomic E-state index is 14.0. The van der Waals surface area contributed by atoms with E-state index in [9.17, 15) is 8.78 Å². The van der Waals surface area contributed by atoms with Gasteiger partial charge in [-0.2, -0.15) is 5.10 Å². The summed E-state index contributed by atoms with van der Waals surface area (Å²) in [7, 11) is 0. The number of anilines is 1. The zero-order valence-corrected chi connectivity index (χ0v) is 10.8. The van der Waals surface area contributed by atoms with Crippen molar-refractivity contribution in [3.63, 3.8) is 0 Å². The van der Waals surface area contributed by atoms with E-state index in [0.29, 0.717) is 30.2 Å². The third kappa shape index (κ3) is 1.34. The fourth-order valence-corrected chi connectivity index (χ4v) is 3.43. The predicted octanol–water partition coefficient (Wildman–Crippen LogP) is 3.59. The van der Waals surface area contributed by atoms with Crippen molar-refractivity contribution in [2.75, 3.05) is 11.4 Å². The van der Waals surface area contributed by atoms with Gasteiger partial charge in [-0.1, -0.05) is 17.7 Å². The van der Waals surface area contributed by atoms with Gasteiger partial charge in [0, 0.05) is 13.0 Å². The van der Waals surface area contributed by atoms with E-state index >= 15 is 0 Å². The van der Waals surface area contributed by atoms with Crippen LogP contribution < -0.4 is 4.90 Å². The first-order chi connectivity index (χ1) is 9.05. The van der Waals surface area contributed by atoms with Gasteiger partial charge in [-0.3, -0.25) is 5.10 Å². The molecule has 1 aliphatic heterocycles. The zero-order chi connectivity index (χ0) is 13.3. The van der Waals surface area contributed by atoms with Crippen molar-refractivity contribution in [1.29, 1.82) is 0 Å². The van der Waals surface area contributed by atoms with E-state index in [4.69, 9.17) is 11.6 Å². The van der Waals surface area contributed by atoms with Crippen LogP contribution in [0.5, 0.6) is 0 Å². The van der Waals surface area contributed by atoms with Gasteiger partial charge in [0.05, 0.1) is 15.9 Å². The van der Waals surface area contributed by atoms with Gasteiger partial charge in [0.15, 0.2) is 5.82 Å². The second-order valence-corrected chi connectivity index (χ2v) is 5.75. The van der Waals surface area contributed by atoms with Crippen LogP contribution in [0.2, 0.25) is 5.02 Å². The molecule has 0 atom stereocenters. The van der Waals surface area contributed by atoms with Crippen molar-refractivity contribution in [3.05, 3.63) is 23.2 Å². The van der Waals surface area contributed by atoms with Crippen LogP contribution in [-0.2, 0) is 0 Å². The smallest absolute Gasteiger partial charge is 0.272 e. The lowest BCUT2D eigenvalue weighted by Crippen LogP contribution is -2.41. The SMILES string of the molecule is FC1(F)CCN(c2n[nH]c3cccc(Cl)c23)C12CC2. The first kappa shape index (κ1) is 11.5. The monoisotopic (exact) mass is 283 g/mol. The Kier molecular flexibility index (Phi) is 2.05. The molecule has 4 rings (SSSR count). The number of alkyl halides is 2. The Morgan fingerprint density at radius 1 is 1.26 bits per heavy atom. The molecule has 0 unspecified atom stereocenters. The summed E-state index contributed by atoms with van der Waals surface area (Å²) in [5.74, 6) is -2.06. The number of H-pyrrole nitrogens is 1. The summed E-state index contributed by atoms with van der Waals surface area (Å²) in [6, 6.07) is 5.43. The summed E-state index contributed by atoms with van der Waals surface area (Å²) in [6.45, 7) is 0.332. The van der Waals surface area contributed by atoms with Crippen molar-refractivity contribution < 1.29 is 8.78 Å². The number of rotatable bonds is 1. The molecular formula is C13H12ClF2N3. The van der Waals surface area contributed by atoms with E-state index in [1.54, 1.807) is 11.0 Å². The number of benzene rings is 1. The maximum atomic E-state index is 14.0. The van der Waals surface area contributed by atoms with Crippen molar-refractivity contribution in [2.24, 2.45) is 0 Å². The normalized spacial score (nSPS) is 23.4. The molecule has 1 aromatic carbocycles. The van der Waals surface area contributed by atoms with Crippen molar-refractivity contribution in [1.82, 2.24) is 10.2 Å². The molecule has 1 spiro atoms. The van der Waals surface area contributed by atoms with E-state index in [2.05, 4.69) is 10.2 Å². The minimum atomic E-state index is -2.63. The van der Waals surface area contributed by atoms with Gasteiger partial charge in [-0.05, 0) is 25.0 Å². The lowest BCUT2D eigenvalue weighted by atomic mass is 10.1. The van der Waals surface area contributed by atoms with Crippen molar-refractivity contribution in [3.8, 4) is 0 Å². The number of nitrogens with one attached hydrogen (secondary N) is 1. The highest BCUT2D eigenvalue weighted by atomic mass is 35.5. The minimum absolute atomic E-state index is 0.105. The molecule has 2 fully saturated rings. The van der Waals surface area contributed by atoms with E-state index in [1.807, 2.05) is 12.1 Å². The number of halogens is 3. The fourth-order valence-electron chi connectivity index (χ4n) is 3.17. The number of aromatic amines is 1. The van der Waals surface area contributed by atoms with Crippen LogP contribution in [0.15, 0.2) is 18.2 Å². The molecular weight excluding hydrogens is 272 g/mol. The molecule has 0 amide bonds. The van der Waals surface area contributed by atoms with Crippen molar-refractivity contribution >= 4 is 28.3 Å². The summed E-state index contributed by atoms with van der Waals surface area (Å²) in [5.41, 5.74) is -0.234. The third-order valence-corrected chi connectivity index (χ3v) is 4.66. The van der Waals surface area contributed by atoms with Gasteiger partial charge in [0.1, 0.15) is 5.54 Å². The van der Waals surface area contributed by atoms with Gasteiger partial charge in [-0.25, -0.2) is 8.78 Å². The Labute approximate surface area is 113 Å². The van der Waals surface area contributed by atoms with Crippen LogP contribution in [0.4, 0.5) is 14.6 Å². The molecule has 1 N–H and O–H groups in total. The maximum Gasteiger partial charge on any atom is 0.272 e. The first-order valence-electron chi connectivity index (χ1n) is 6.33. The molecule has 1 aliphatic carbocycles. The summed E-state index contributed by atoms with van der Waals surface area (Å²) >= 11 is 6.19. The number of aromatic nitrogens is 2. The van der Waals surface area contributed by atoms with Crippen LogP contribution in [-0.4, -0.2) is 28.2 Å². The van der Waals surface area contributed by atoms with E-state index in [1.165, 1.54) is 0 Å². The van der Waals surface area contributed by atoms with Gasteiger partial charge < -0.3 is 4.90 Å². The van der Waals surface area contributed by atoms with E-state index in [-0.39, 0.29) is 6.42 Å². The highest BCUT2D eigenvalue weighted by Crippen LogP contribution is 2.59. The van der Waals surface area contributed by atoms with Crippen molar-refractivity contribution in [2.45, 2.75) is 30.7 Å². The average Bonchev–Trinajstić information content (AvgIpc) is 2.99. The van der Waals surface area contributed by atoms with Crippen LogP contribution >= 0.6 is 11.6 Å². The minimum Gasteiger partial charge on any atom is -0.343 e. The number of nitrogens with zero attached hydrogens (tertiary/aromatic N) is 2. The molecule has 100 valence electrons.